The molecule has 0 spiro atoms. The van der Waals surface area contributed by atoms with Gasteiger partial charge < -0.3 is 0 Å². The molecule has 4 rings (SSSR count). The molecule has 0 bridgehead atoms. The minimum Gasteiger partial charge on any atom is -0.289 e. The molecule has 0 unspecified atom stereocenters. The Labute approximate surface area is 198 Å². The summed E-state index contributed by atoms with van der Waals surface area (Å²) < 4.78 is 0.300. The molecule has 0 aromatic heterocycles. The summed E-state index contributed by atoms with van der Waals surface area (Å²) in [5, 5.41) is 18.9. The van der Waals surface area contributed by atoms with Crippen LogP contribution in [0.2, 0.25) is 5.02 Å². The van der Waals surface area contributed by atoms with Crippen LogP contribution >= 0.6 is 27.5 Å². The first-order valence-electron chi connectivity index (χ1n) is 9.42. The fraction of sp³-hybridized carbons (Fsp3) is 0.0909. The molecule has 3 aromatic rings. The van der Waals surface area contributed by atoms with Gasteiger partial charge in [0.1, 0.15) is 13.0 Å². The van der Waals surface area contributed by atoms with E-state index in [0.717, 1.165) is 11.6 Å². The molecule has 1 heterocycles. The van der Waals surface area contributed by atoms with Gasteiger partial charge in [-0.1, -0.05) is 54.1 Å². The first kappa shape index (κ1) is 23.4. The van der Waals surface area contributed by atoms with Crippen LogP contribution in [0.3, 0.4) is 0 Å². The third-order valence-corrected chi connectivity index (χ3v) is 5.30. The van der Waals surface area contributed by atoms with E-state index < -0.39 is 4.92 Å². The van der Waals surface area contributed by atoms with Crippen molar-refractivity contribution < 1.29 is 9.72 Å². The highest BCUT2D eigenvalue weighted by molar-refractivity contribution is 9.10. The number of benzene rings is 3. The van der Waals surface area contributed by atoms with Gasteiger partial charge in [0.15, 0.2) is 5.78 Å². The number of nitro groups is 1. The molecule has 8 nitrogen and oxygen atoms in total. The predicted molar refractivity (Wildman–Crippen MR) is 127 cm³/mol. The average molecular weight is 517 g/mol. The Kier molecular flexibility index (Phi) is 7.93. The topological polar surface area (TPSA) is 105 Å². The first-order chi connectivity index (χ1) is 15.3. The van der Waals surface area contributed by atoms with E-state index in [9.17, 15) is 14.9 Å². The third kappa shape index (κ3) is 6.36. The lowest BCUT2D eigenvalue weighted by Gasteiger charge is -2.15. The van der Waals surface area contributed by atoms with E-state index in [2.05, 4.69) is 21.0 Å². The maximum absolute atomic E-state index is 12.1. The lowest BCUT2D eigenvalue weighted by atomic mass is 10.0. The van der Waals surface area contributed by atoms with E-state index in [1.165, 1.54) is 28.8 Å². The number of carbonyl (C=O) groups excluding carboxylic acids is 1. The molecule has 0 fully saturated rings. The summed E-state index contributed by atoms with van der Waals surface area (Å²) in [6.07, 6.45) is 1.61. The molecule has 32 heavy (non-hydrogen) atoms. The van der Waals surface area contributed by atoms with Gasteiger partial charge in [0.2, 0.25) is 0 Å². The number of hydrazine groups is 1. The summed E-state index contributed by atoms with van der Waals surface area (Å²) in [6.45, 7) is 1.38. The molecule has 0 saturated carbocycles. The largest absolute Gasteiger partial charge is 0.289 e. The number of nitrogens with two attached hydrogens (primary N) is 1. The van der Waals surface area contributed by atoms with Crippen molar-refractivity contribution >= 4 is 45.3 Å². The Morgan fingerprint density at radius 1 is 1.09 bits per heavy atom. The quantitative estimate of drug-likeness (QED) is 0.226. The smallest absolute Gasteiger partial charge is 0.283 e. The molecule has 0 amide bonds. The highest BCUT2D eigenvalue weighted by Gasteiger charge is 2.15. The second-order valence-corrected chi connectivity index (χ2v) is 8.09. The SMILES string of the molecule is NN1C=NN(Cc2ccc(Cl)cc2)C1.O=C(c1ccccc1)c1ccc([N+](=O)[O-])c(Br)c1. The van der Waals surface area contributed by atoms with Crippen molar-refractivity contribution in [2.75, 3.05) is 6.67 Å². The zero-order valence-electron chi connectivity index (χ0n) is 16.8. The van der Waals surface area contributed by atoms with Crippen molar-refractivity contribution in [1.82, 2.24) is 10.0 Å². The van der Waals surface area contributed by atoms with Gasteiger partial charge in [-0.05, 0) is 45.8 Å². The van der Waals surface area contributed by atoms with Gasteiger partial charge in [0.25, 0.3) is 5.69 Å². The van der Waals surface area contributed by atoms with Gasteiger partial charge in [0, 0.05) is 22.2 Å². The van der Waals surface area contributed by atoms with E-state index in [4.69, 9.17) is 17.4 Å². The minimum atomic E-state index is -0.499. The minimum absolute atomic E-state index is 0.0559. The standard InChI is InChI=1S/C13H8BrNO3.C9H11ClN4/c14-11-8-10(6-7-12(11)15(17)18)13(16)9-4-2-1-3-5-9;10-9-3-1-8(2-4-9)5-14-7-13(11)6-12-14/h1-8H;1-4,6H,5,7,11H2. The number of nitrogens with zero attached hydrogens (tertiary/aromatic N) is 4. The fourth-order valence-corrected chi connectivity index (χ4v) is 3.49. The van der Waals surface area contributed by atoms with Crippen molar-refractivity contribution in [3.05, 3.63) is 109 Å². The molecule has 0 saturated heterocycles. The molecule has 1 aliphatic rings. The van der Waals surface area contributed by atoms with Crippen molar-refractivity contribution in [3.63, 3.8) is 0 Å². The molecule has 0 aliphatic carbocycles. The summed E-state index contributed by atoms with van der Waals surface area (Å²) >= 11 is 8.87. The van der Waals surface area contributed by atoms with Crippen molar-refractivity contribution in [1.29, 1.82) is 0 Å². The number of rotatable bonds is 5. The zero-order chi connectivity index (χ0) is 23.1. The van der Waals surface area contributed by atoms with Gasteiger partial charge in [-0.15, -0.1) is 0 Å². The number of ketones is 1. The third-order valence-electron chi connectivity index (χ3n) is 4.41. The molecule has 2 N–H and O–H groups in total. The summed E-state index contributed by atoms with van der Waals surface area (Å²) in [5.74, 6) is 5.36. The molecule has 3 aromatic carbocycles. The van der Waals surface area contributed by atoms with Gasteiger partial charge >= 0.3 is 0 Å². The number of hydrazone groups is 1. The molecule has 1 aliphatic heterocycles. The van der Waals surface area contributed by atoms with Crippen molar-refractivity contribution in [2.24, 2.45) is 10.9 Å². The second-order valence-electron chi connectivity index (χ2n) is 6.80. The Morgan fingerprint density at radius 3 is 2.34 bits per heavy atom. The van der Waals surface area contributed by atoms with Crippen LogP contribution in [-0.4, -0.2) is 33.7 Å². The normalized spacial score (nSPS) is 12.3. The van der Waals surface area contributed by atoms with Crippen LogP contribution in [0.15, 0.2) is 82.4 Å². The monoisotopic (exact) mass is 515 g/mol. The first-order valence-corrected chi connectivity index (χ1v) is 10.6. The summed E-state index contributed by atoms with van der Waals surface area (Å²) in [7, 11) is 0. The van der Waals surface area contributed by atoms with Crippen LogP contribution in [0.25, 0.3) is 0 Å². The Balaban J connectivity index is 0.000000186. The molecule has 10 heteroatoms. The van der Waals surface area contributed by atoms with Crippen LogP contribution in [0.4, 0.5) is 5.69 Å². The molecule has 164 valence electrons. The second kappa shape index (κ2) is 10.9. The zero-order valence-corrected chi connectivity index (χ0v) is 19.1. The van der Waals surface area contributed by atoms with E-state index >= 15 is 0 Å². The number of hydrogen-bond donors (Lipinski definition) is 1. The van der Waals surface area contributed by atoms with Crippen LogP contribution in [0.1, 0.15) is 21.5 Å². The summed E-state index contributed by atoms with van der Waals surface area (Å²) in [6, 6.07) is 20.7. The highest BCUT2D eigenvalue weighted by atomic mass is 79.9. The van der Waals surface area contributed by atoms with Crippen LogP contribution in [0, 0.1) is 10.1 Å². The Bertz CT molecular complexity index is 1130. The van der Waals surface area contributed by atoms with E-state index in [0.29, 0.717) is 22.3 Å². The van der Waals surface area contributed by atoms with Crippen LogP contribution in [0.5, 0.6) is 0 Å². The van der Waals surface area contributed by atoms with Gasteiger partial charge in [-0.2, -0.15) is 5.10 Å². The fourth-order valence-electron chi connectivity index (χ4n) is 2.84. The Hall–Kier alpha value is -3.27. The summed E-state index contributed by atoms with van der Waals surface area (Å²) in [5.41, 5.74) is 2.08. The van der Waals surface area contributed by atoms with Crippen molar-refractivity contribution in [2.45, 2.75) is 6.54 Å². The highest BCUT2D eigenvalue weighted by Crippen LogP contribution is 2.26. The molecule has 0 atom stereocenters. The molecule has 0 radical (unpaired) electrons. The van der Waals surface area contributed by atoms with E-state index in [1.807, 2.05) is 35.3 Å². The van der Waals surface area contributed by atoms with E-state index in [-0.39, 0.29) is 11.5 Å². The van der Waals surface area contributed by atoms with Gasteiger partial charge in [-0.3, -0.25) is 24.9 Å². The number of halogens is 2. The maximum atomic E-state index is 12.1. The predicted octanol–water partition coefficient (Wildman–Crippen LogP) is 4.82. The van der Waals surface area contributed by atoms with Crippen LogP contribution < -0.4 is 5.84 Å². The number of nitro benzene ring substituents is 1. The molecular weight excluding hydrogens is 498 g/mol. The van der Waals surface area contributed by atoms with Crippen molar-refractivity contribution in [3.8, 4) is 0 Å². The number of carbonyl (C=O) groups is 1. The lowest BCUT2D eigenvalue weighted by Crippen LogP contribution is -2.31. The number of hydrogen-bond acceptors (Lipinski definition) is 7. The van der Waals surface area contributed by atoms with Gasteiger partial charge in [0.05, 0.1) is 15.9 Å². The maximum Gasteiger partial charge on any atom is 0.283 e. The van der Waals surface area contributed by atoms with Crippen LogP contribution in [-0.2, 0) is 6.54 Å². The van der Waals surface area contributed by atoms with Gasteiger partial charge in [-0.25, -0.2) is 5.84 Å². The molecular formula is C22H19BrClN5O3. The Morgan fingerprint density at radius 2 is 1.78 bits per heavy atom. The average Bonchev–Trinajstić information content (AvgIpc) is 3.20. The lowest BCUT2D eigenvalue weighted by molar-refractivity contribution is -0.385. The summed E-state index contributed by atoms with van der Waals surface area (Å²) in [4.78, 5) is 22.3. The van der Waals surface area contributed by atoms with E-state index in [1.54, 1.807) is 30.6 Å².